The lowest BCUT2D eigenvalue weighted by Crippen LogP contribution is -2.29. The molecule has 3 nitrogen and oxygen atoms in total. The molecule has 1 heterocycles. The zero-order chi connectivity index (χ0) is 13.5. The van der Waals surface area contributed by atoms with Crippen LogP contribution in [0.25, 0.3) is 10.9 Å². The van der Waals surface area contributed by atoms with E-state index in [2.05, 4.69) is 41.5 Å². The Morgan fingerprint density at radius 2 is 2.05 bits per heavy atom. The molecule has 0 aliphatic rings. The number of methoxy groups -OCH3 is 1. The van der Waals surface area contributed by atoms with Crippen molar-refractivity contribution in [2.75, 3.05) is 13.7 Å². The maximum absolute atomic E-state index is 5.13. The molecule has 0 fully saturated rings. The smallest absolute Gasteiger partial charge is 0.0705 e. The van der Waals surface area contributed by atoms with E-state index in [1.54, 1.807) is 7.11 Å². The summed E-state index contributed by atoms with van der Waals surface area (Å²) < 4.78 is 5.13. The SMILES string of the molecule is CC[C@H](CCOC)NCc1ccc2ccccc2n1. The third-order valence-electron chi connectivity index (χ3n) is 3.39. The Kier molecular flexibility index (Phi) is 5.31. The number of fused-ring (bicyclic) bond motifs is 1. The van der Waals surface area contributed by atoms with Crippen molar-refractivity contribution in [2.24, 2.45) is 0 Å². The highest BCUT2D eigenvalue weighted by atomic mass is 16.5. The van der Waals surface area contributed by atoms with Crippen LogP contribution in [0.4, 0.5) is 0 Å². The number of rotatable bonds is 7. The van der Waals surface area contributed by atoms with Crippen LogP contribution in [-0.2, 0) is 11.3 Å². The fourth-order valence-electron chi connectivity index (χ4n) is 2.17. The molecule has 0 aliphatic carbocycles. The van der Waals surface area contributed by atoms with Crippen molar-refractivity contribution in [2.45, 2.75) is 32.4 Å². The largest absolute Gasteiger partial charge is 0.385 e. The van der Waals surface area contributed by atoms with Crippen molar-refractivity contribution >= 4 is 10.9 Å². The minimum absolute atomic E-state index is 0.494. The van der Waals surface area contributed by atoms with Gasteiger partial charge in [0.2, 0.25) is 0 Å². The van der Waals surface area contributed by atoms with Gasteiger partial charge in [0.15, 0.2) is 0 Å². The molecule has 19 heavy (non-hydrogen) atoms. The first-order valence-corrected chi connectivity index (χ1v) is 6.90. The molecule has 0 radical (unpaired) electrons. The molecule has 1 atom stereocenters. The molecule has 2 aromatic rings. The summed E-state index contributed by atoms with van der Waals surface area (Å²) in [7, 11) is 1.75. The second-order valence-corrected chi connectivity index (χ2v) is 4.76. The van der Waals surface area contributed by atoms with Gasteiger partial charge in [-0.1, -0.05) is 31.2 Å². The van der Waals surface area contributed by atoms with Crippen LogP contribution in [0, 0.1) is 0 Å². The molecule has 2 rings (SSSR count). The van der Waals surface area contributed by atoms with E-state index in [9.17, 15) is 0 Å². The van der Waals surface area contributed by atoms with Crippen molar-refractivity contribution in [3.05, 3.63) is 42.1 Å². The molecule has 0 saturated heterocycles. The summed E-state index contributed by atoms with van der Waals surface area (Å²) in [4.78, 5) is 4.67. The van der Waals surface area contributed by atoms with Gasteiger partial charge in [0.05, 0.1) is 11.2 Å². The Labute approximate surface area is 115 Å². The number of ether oxygens (including phenoxy) is 1. The van der Waals surface area contributed by atoms with Gasteiger partial charge in [-0.05, 0) is 25.0 Å². The number of nitrogens with one attached hydrogen (secondary N) is 1. The summed E-state index contributed by atoms with van der Waals surface area (Å²) in [5.74, 6) is 0. The van der Waals surface area contributed by atoms with Crippen molar-refractivity contribution in [1.82, 2.24) is 10.3 Å². The van der Waals surface area contributed by atoms with Gasteiger partial charge in [-0.25, -0.2) is 0 Å². The van der Waals surface area contributed by atoms with Crippen LogP contribution in [0.15, 0.2) is 36.4 Å². The highest BCUT2D eigenvalue weighted by Crippen LogP contribution is 2.12. The van der Waals surface area contributed by atoms with E-state index in [-0.39, 0.29) is 0 Å². The average molecular weight is 258 g/mol. The average Bonchev–Trinajstić information content (AvgIpc) is 2.47. The highest BCUT2D eigenvalue weighted by Gasteiger charge is 2.06. The van der Waals surface area contributed by atoms with Crippen LogP contribution in [0.3, 0.4) is 0 Å². The number of aromatic nitrogens is 1. The Balaban J connectivity index is 1.96. The molecular weight excluding hydrogens is 236 g/mol. The van der Waals surface area contributed by atoms with Crippen LogP contribution in [0.5, 0.6) is 0 Å². The van der Waals surface area contributed by atoms with Crippen molar-refractivity contribution < 1.29 is 4.74 Å². The van der Waals surface area contributed by atoms with Crippen LogP contribution < -0.4 is 5.32 Å². The topological polar surface area (TPSA) is 34.1 Å². The van der Waals surface area contributed by atoms with Gasteiger partial charge in [-0.2, -0.15) is 0 Å². The standard InChI is InChI=1S/C16H22N2O/c1-3-14(10-11-19-2)17-12-15-9-8-13-6-4-5-7-16(13)18-15/h4-9,14,17H,3,10-12H2,1-2H3/t14-/m1/s1. The van der Waals surface area contributed by atoms with E-state index < -0.39 is 0 Å². The van der Waals surface area contributed by atoms with E-state index >= 15 is 0 Å². The molecule has 0 saturated carbocycles. The number of hydrogen-bond acceptors (Lipinski definition) is 3. The van der Waals surface area contributed by atoms with Gasteiger partial charge in [0.25, 0.3) is 0 Å². The third kappa shape index (κ3) is 4.01. The first-order chi connectivity index (χ1) is 9.33. The van der Waals surface area contributed by atoms with Crippen LogP contribution in [-0.4, -0.2) is 24.7 Å². The first-order valence-electron chi connectivity index (χ1n) is 6.90. The maximum Gasteiger partial charge on any atom is 0.0705 e. The first kappa shape index (κ1) is 14.0. The summed E-state index contributed by atoms with van der Waals surface area (Å²) in [5, 5.41) is 4.74. The third-order valence-corrected chi connectivity index (χ3v) is 3.39. The fraction of sp³-hybridized carbons (Fsp3) is 0.438. The molecule has 1 N–H and O–H groups in total. The predicted octanol–water partition coefficient (Wildman–Crippen LogP) is 3.14. The zero-order valence-electron chi connectivity index (χ0n) is 11.7. The Morgan fingerprint density at radius 1 is 1.21 bits per heavy atom. The summed E-state index contributed by atoms with van der Waals surface area (Å²) in [6.07, 6.45) is 2.15. The van der Waals surface area contributed by atoms with Gasteiger partial charge >= 0.3 is 0 Å². The molecule has 3 heteroatoms. The molecule has 1 aromatic carbocycles. The van der Waals surface area contributed by atoms with Crippen LogP contribution in [0.1, 0.15) is 25.5 Å². The Hall–Kier alpha value is -1.45. The molecule has 0 unspecified atom stereocenters. The fourth-order valence-corrected chi connectivity index (χ4v) is 2.17. The van der Waals surface area contributed by atoms with Crippen molar-refractivity contribution in [3.63, 3.8) is 0 Å². The van der Waals surface area contributed by atoms with Crippen molar-refractivity contribution in [1.29, 1.82) is 0 Å². The summed E-state index contributed by atoms with van der Waals surface area (Å²) >= 11 is 0. The quantitative estimate of drug-likeness (QED) is 0.828. The minimum atomic E-state index is 0.494. The molecule has 0 bridgehead atoms. The highest BCUT2D eigenvalue weighted by molar-refractivity contribution is 5.78. The molecular formula is C16H22N2O. The van der Waals surface area contributed by atoms with Gasteiger partial charge in [-0.15, -0.1) is 0 Å². The number of nitrogens with zero attached hydrogens (tertiary/aromatic N) is 1. The monoisotopic (exact) mass is 258 g/mol. The van der Waals surface area contributed by atoms with Gasteiger partial charge in [0, 0.05) is 31.7 Å². The van der Waals surface area contributed by atoms with Crippen LogP contribution in [0.2, 0.25) is 0 Å². The van der Waals surface area contributed by atoms with Gasteiger partial charge in [0.1, 0.15) is 0 Å². The minimum Gasteiger partial charge on any atom is -0.385 e. The number of pyridine rings is 1. The van der Waals surface area contributed by atoms with Gasteiger partial charge < -0.3 is 10.1 Å². The lowest BCUT2D eigenvalue weighted by Gasteiger charge is -2.16. The molecule has 0 spiro atoms. The van der Waals surface area contributed by atoms with E-state index in [0.29, 0.717) is 6.04 Å². The lowest BCUT2D eigenvalue weighted by atomic mass is 10.1. The summed E-state index contributed by atoms with van der Waals surface area (Å²) in [6.45, 7) is 3.81. The molecule has 102 valence electrons. The Morgan fingerprint density at radius 3 is 2.84 bits per heavy atom. The lowest BCUT2D eigenvalue weighted by molar-refractivity contribution is 0.181. The molecule has 0 amide bonds. The second-order valence-electron chi connectivity index (χ2n) is 4.76. The van der Waals surface area contributed by atoms with E-state index in [0.717, 1.165) is 37.2 Å². The molecule has 1 aromatic heterocycles. The van der Waals surface area contributed by atoms with E-state index in [1.165, 1.54) is 5.39 Å². The summed E-state index contributed by atoms with van der Waals surface area (Å²) in [5.41, 5.74) is 2.15. The number of benzene rings is 1. The second kappa shape index (κ2) is 7.22. The number of para-hydroxylation sites is 1. The predicted molar refractivity (Wildman–Crippen MR) is 79.2 cm³/mol. The van der Waals surface area contributed by atoms with E-state index in [4.69, 9.17) is 4.74 Å². The van der Waals surface area contributed by atoms with E-state index in [1.807, 2.05) is 12.1 Å². The molecule has 0 aliphatic heterocycles. The number of hydrogen-bond donors (Lipinski definition) is 1. The van der Waals surface area contributed by atoms with Crippen LogP contribution >= 0.6 is 0 Å². The summed E-state index contributed by atoms with van der Waals surface area (Å²) in [6, 6.07) is 12.9. The zero-order valence-corrected chi connectivity index (χ0v) is 11.7. The Bertz CT molecular complexity index is 513. The van der Waals surface area contributed by atoms with Crippen molar-refractivity contribution in [3.8, 4) is 0 Å². The maximum atomic E-state index is 5.13. The van der Waals surface area contributed by atoms with Gasteiger partial charge in [-0.3, -0.25) is 4.98 Å². The normalized spacial score (nSPS) is 12.7.